The lowest BCUT2D eigenvalue weighted by atomic mass is 10.3. The summed E-state index contributed by atoms with van der Waals surface area (Å²) in [6.45, 7) is 7.76. The number of carbonyl (C=O) groups excluding carboxylic acids is 2. The molecular weight excluding hydrogens is 296 g/mol. The van der Waals surface area contributed by atoms with E-state index in [1.54, 1.807) is 21.6 Å². The summed E-state index contributed by atoms with van der Waals surface area (Å²) in [4.78, 5) is 22.8. The van der Waals surface area contributed by atoms with Gasteiger partial charge in [-0.2, -0.15) is 0 Å². The molecule has 0 aliphatic heterocycles. The average Bonchev–Trinajstić information content (AvgIpc) is 2.42. The van der Waals surface area contributed by atoms with Crippen molar-refractivity contribution in [2.75, 3.05) is 11.5 Å². The Kier molecular flexibility index (Phi) is 12.2. The van der Waals surface area contributed by atoms with Gasteiger partial charge in [0.15, 0.2) is 0 Å². The summed E-state index contributed by atoms with van der Waals surface area (Å²) in [5.41, 5.74) is 0. The topological polar surface area (TPSA) is 52.6 Å². The molecule has 0 saturated heterocycles. The quantitative estimate of drug-likeness (QED) is 0.327. The minimum atomic E-state index is -0.149. The normalized spacial score (nSPS) is 13.6. The first-order chi connectivity index (χ1) is 9.49. The van der Waals surface area contributed by atoms with Crippen LogP contribution in [0.4, 0.5) is 0 Å². The summed E-state index contributed by atoms with van der Waals surface area (Å²) >= 11 is 0. The molecule has 0 amide bonds. The van der Waals surface area contributed by atoms with E-state index in [1.165, 1.54) is 0 Å². The molecule has 2 atom stereocenters. The van der Waals surface area contributed by atoms with Crippen LogP contribution in [0.3, 0.4) is 0 Å². The van der Waals surface area contributed by atoms with Crippen LogP contribution in [-0.4, -0.2) is 35.7 Å². The Morgan fingerprint density at radius 1 is 0.850 bits per heavy atom. The van der Waals surface area contributed by atoms with Crippen LogP contribution in [-0.2, 0) is 19.1 Å². The molecule has 0 aliphatic carbocycles. The Bertz CT molecular complexity index is 256. The van der Waals surface area contributed by atoms with Gasteiger partial charge in [0, 0.05) is 11.5 Å². The Labute approximate surface area is 130 Å². The van der Waals surface area contributed by atoms with Gasteiger partial charge in [-0.25, -0.2) is 0 Å². The van der Waals surface area contributed by atoms with Crippen molar-refractivity contribution in [3.8, 4) is 0 Å². The van der Waals surface area contributed by atoms with Crippen molar-refractivity contribution in [1.82, 2.24) is 0 Å². The number of rotatable bonds is 11. The summed E-state index contributed by atoms with van der Waals surface area (Å²) in [6.07, 6.45) is 2.50. The van der Waals surface area contributed by atoms with Gasteiger partial charge in [-0.05, 0) is 26.7 Å². The number of ether oxygens (including phenoxy) is 2. The highest BCUT2D eigenvalue weighted by molar-refractivity contribution is 8.76. The van der Waals surface area contributed by atoms with Crippen LogP contribution in [0.5, 0.6) is 0 Å². The number of hydrogen-bond donors (Lipinski definition) is 0. The highest BCUT2D eigenvalue weighted by Crippen LogP contribution is 2.23. The third-order valence-corrected chi connectivity index (χ3v) is 5.09. The van der Waals surface area contributed by atoms with Gasteiger partial charge in [0.25, 0.3) is 0 Å². The summed E-state index contributed by atoms with van der Waals surface area (Å²) in [5.74, 6) is 1.12. The Balaban J connectivity index is 3.44. The Morgan fingerprint density at radius 2 is 1.20 bits per heavy atom. The molecule has 0 aliphatic rings. The maximum Gasteiger partial charge on any atom is 0.306 e. The van der Waals surface area contributed by atoms with Crippen LogP contribution < -0.4 is 0 Å². The van der Waals surface area contributed by atoms with Gasteiger partial charge in [-0.15, -0.1) is 0 Å². The fourth-order valence-electron chi connectivity index (χ4n) is 1.10. The predicted molar refractivity (Wildman–Crippen MR) is 85.8 cm³/mol. The summed E-state index contributed by atoms with van der Waals surface area (Å²) in [7, 11) is 3.18. The van der Waals surface area contributed by atoms with Crippen molar-refractivity contribution in [1.29, 1.82) is 0 Å². The highest BCUT2D eigenvalue weighted by Gasteiger charge is 2.09. The molecule has 0 aromatic carbocycles. The maximum absolute atomic E-state index is 11.4. The molecule has 0 bridgehead atoms. The second-order valence-electron chi connectivity index (χ2n) is 4.56. The molecule has 6 heteroatoms. The van der Waals surface area contributed by atoms with E-state index in [1.807, 2.05) is 27.7 Å². The molecule has 118 valence electrons. The first-order valence-electron chi connectivity index (χ1n) is 7.12. The van der Waals surface area contributed by atoms with Gasteiger partial charge in [-0.1, -0.05) is 35.4 Å². The van der Waals surface area contributed by atoms with E-state index in [0.29, 0.717) is 24.3 Å². The first kappa shape index (κ1) is 19.6. The average molecular weight is 322 g/mol. The minimum Gasteiger partial charge on any atom is -0.463 e. The largest absolute Gasteiger partial charge is 0.463 e. The van der Waals surface area contributed by atoms with Crippen LogP contribution in [0.25, 0.3) is 0 Å². The number of carbonyl (C=O) groups is 2. The van der Waals surface area contributed by atoms with Crippen molar-refractivity contribution in [2.45, 2.75) is 65.6 Å². The van der Waals surface area contributed by atoms with E-state index in [4.69, 9.17) is 9.47 Å². The van der Waals surface area contributed by atoms with E-state index >= 15 is 0 Å². The van der Waals surface area contributed by atoms with E-state index < -0.39 is 0 Å². The first-order valence-corrected chi connectivity index (χ1v) is 9.61. The van der Waals surface area contributed by atoms with E-state index in [-0.39, 0.29) is 24.1 Å². The molecule has 0 N–H and O–H groups in total. The molecular formula is C14H26O4S2. The predicted octanol–water partition coefficient (Wildman–Crippen LogP) is 3.83. The highest BCUT2D eigenvalue weighted by atomic mass is 33.1. The lowest BCUT2D eigenvalue weighted by Gasteiger charge is -2.11. The van der Waals surface area contributed by atoms with Crippen molar-refractivity contribution in [3.63, 3.8) is 0 Å². The fourth-order valence-corrected chi connectivity index (χ4v) is 3.04. The lowest BCUT2D eigenvalue weighted by molar-refractivity contribution is -0.148. The molecule has 0 heterocycles. The van der Waals surface area contributed by atoms with Crippen LogP contribution in [0, 0.1) is 0 Å². The molecule has 0 fully saturated rings. The Morgan fingerprint density at radius 3 is 1.50 bits per heavy atom. The molecule has 2 unspecified atom stereocenters. The molecule has 0 aromatic rings. The zero-order valence-electron chi connectivity index (χ0n) is 12.8. The van der Waals surface area contributed by atoms with Crippen molar-refractivity contribution < 1.29 is 19.1 Å². The summed E-state index contributed by atoms with van der Waals surface area (Å²) in [5, 5.41) is 0. The summed E-state index contributed by atoms with van der Waals surface area (Å²) < 4.78 is 10.3. The van der Waals surface area contributed by atoms with Crippen molar-refractivity contribution in [3.05, 3.63) is 0 Å². The van der Waals surface area contributed by atoms with Crippen LogP contribution >= 0.6 is 21.6 Å². The Hall–Kier alpha value is -0.360. The molecule has 0 saturated carbocycles. The van der Waals surface area contributed by atoms with Gasteiger partial charge >= 0.3 is 11.9 Å². The molecule has 4 nitrogen and oxygen atoms in total. The van der Waals surface area contributed by atoms with Gasteiger partial charge in [0.2, 0.25) is 0 Å². The van der Waals surface area contributed by atoms with E-state index in [2.05, 4.69) is 0 Å². The van der Waals surface area contributed by atoms with Crippen LogP contribution in [0.1, 0.15) is 53.4 Å². The van der Waals surface area contributed by atoms with Crippen LogP contribution in [0.2, 0.25) is 0 Å². The van der Waals surface area contributed by atoms with E-state index in [9.17, 15) is 9.59 Å². The number of esters is 2. The molecule has 20 heavy (non-hydrogen) atoms. The zero-order valence-corrected chi connectivity index (χ0v) is 14.5. The van der Waals surface area contributed by atoms with Gasteiger partial charge in [0.1, 0.15) is 0 Å². The molecule has 0 aromatic heterocycles. The van der Waals surface area contributed by atoms with Crippen LogP contribution in [0.15, 0.2) is 0 Å². The van der Waals surface area contributed by atoms with Gasteiger partial charge in [0.05, 0.1) is 25.0 Å². The molecule has 0 spiro atoms. The maximum atomic E-state index is 11.4. The van der Waals surface area contributed by atoms with E-state index in [0.717, 1.165) is 12.8 Å². The standard InChI is InChI=1S/C14H26O4S2/c1-5-11(3)17-13(15)7-9-19-20-10-8-14(16)18-12(4)6-2/h11-12H,5-10H2,1-4H3. The van der Waals surface area contributed by atoms with Crippen molar-refractivity contribution in [2.24, 2.45) is 0 Å². The molecule has 0 rings (SSSR count). The third-order valence-electron chi connectivity index (χ3n) is 2.68. The lowest BCUT2D eigenvalue weighted by Crippen LogP contribution is -2.14. The fraction of sp³-hybridized carbons (Fsp3) is 0.857. The number of hydrogen-bond acceptors (Lipinski definition) is 6. The molecule has 0 radical (unpaired) electrons. The van der Waals surface area contributed by atoms with Gasteiger partial charge in [-0.3, -0.25) is 9.59 Å². The second-order valence-corrected chi connectivity index (χ2v) is 7.26. The van der Waals surface area contributed by atoms with Gasteiger partial charge < -0.3 is 9.47 Å². The third kappa shape index (κ3) is 11.5. The second kappa shape index (κ2) is 12.4. The smallest absolute Gasteiger partial charge is 0.306 e. The summed E-state index contributed by atoms with van der Waals surface area (Å²) in [6, 6.07) is 0. The zero-order chi connectivity index (χ0) is 15.4. The monoisotopic (exact) mass is 322 g/mol. The minimum absolute atomic E-state index is 0.00419. The van der Waals surface area contributed by atoms with Crippen molar-refractivity contribution >= 4 is 33.5 Å². The SMILES string of the molecule is CCC(C)OC(=O)CCSSCCC(=O)OC(C)CC.